The number of carboxylic acid groups (broad SMARTS) is 1. The number of hydrogen-bond acceptors (Lipinski definition) is 2. The number of nitrogens with one attached hydrogen (secondary N) is 1. The maximum Gasteiger partial charge on any atom is 0.322 e. The normalized spacial score (nSPS) is 11.8. The van der Waals surface area contributed by atoms with Gasteiger partial charge in [0.25, 0.3) is 0 Å². The van der Waals surface area contributed by atoms with Gasteiger partial charge in [-0.15, -0.1) is 0 Å². The summed E-state index contributed by atoms with van der Waals surface area (Å²) in [6.07, 6.45) is 0.890. The smallest absolute Gasteiger partial charge is 0.322 e. The molecule has 1 unspecified atom stereocenters. The van der Waals surface area contributed by atoms with Gasteiger partial charge in [-0.2, -0.15) is 0 Å². The summed E-state index contributed by atoms with van der Waals surface area (Å²) >= 11 is 0. The van der Waals surface area contributed by atoms with E-state index in [4.69, 9.17) is 5.11 Å². The molecule has 0 aliphatic heterocycles. The SMILES string of the molecule is CCc1ccc(NC(=O)N(CC)C(C)CC(=O)O)cc1. The quantitative estimate of drug-likeness (QED) is 0.840. The van der Waals surface area contributed by atoms with Gasteiger partial charge in [0, 0.05) is 18.3 Å². The minimum Gasteiger partial charge on any atom is -0.481 e. The number of nitrogens with zero attached hydrogens (tertiary/aromatic N) is 1. The van der Waals surface area contributed by atoms with Gasteiger partial charge >= 0.3 is 12.0 Å². The molecule has 0 spiro atoms. The molecule has 0 radical (unpaired) electrons. The summed E-state index contributed by atoms with van der Waals surface area (Å²) in [4.78, 5) is 24.4. The van der Waals surface area contributed by atoms with E-state index in [2.05, 4.69) is 12.2 Å². The molecule has 110 valence electrons. The Morgan fingerprint density at radius 3 is 2.30 bits per heavy atom. The van der Waals surface area contributed by atoms with Gasteiger partial charge in [0.05, 0.1) is 6.42 Å². The Morgan fingerprint density at radius 1 is 1.25 bits per heavy atom. The zero-order valence-corrected chi connectivity index (χ0v) is 12.2. The molecule has 0 aromatic heterocycles. The van der Waals surface area contributed by atoms with Crippen molar-refractivity contribution in [1.29, 1.82) is 0 Å². The predicted molar refractivity (Wildman–Crippen MR) is 78.9 cm³/mol. The summed E-state index contributed by atoms with van der Waals surface area (Å²) in [5, 5.41) is 11.6. The van der Waals surface area contributed by atoms with Crippen molar-refractivity contribution in [2.45, 2.75) is 39.7 Å². The van der Waals surface area contributed by atoms with Gasteiger partial charge in [0.2, 0.25) is 0 Å². The molecule has 0 aliphatic carbocycles. The molecule has 0 saturated heterocycles. The molecule has 0 heterocycles. The van der Waals surface area contributed by atoms with Crippen LogP contribution in [0.25, 0.3) is 0 Å². The van der Waals surface area contributed by atoms with Crippen LogP contribution in [0.2, 0.25) is 0 Å². The van der Waals surface area contributed by atoms with Gasteiger partial charge in [0.15, 0.2) is 0 Å². The minimum absolute atomic E-state index is 0.0595. The van der Waals surface area contributed by atoms with Crippen molar-refractivity contribution in [3.8, 4) is 0 Å². The summed E-state index contributed by atoms with van der Waals surface area (Å²) in [6.45, 7) is 6.10. The fraction of sp³-hybridized carbons (Fsp3) is 0.467. The van der Waals surface area contributed by atoms with Crippen LogP contribution in [-0.4, -0.2) is 34.6 Å². The third-order valence-corrected chi connectivity index (χ3v) is 3.22. The molecule has 1 atom stereocenters. The molecule has 2 N–H and O–H groups in total. The fourth-order valence-electron chi connectivity index (χ4n) is 2.04. The summed E-state index contributed by atoms with van der Waals surface area (Å²) in [5.74, 6) is -0.906. The van der Waals surface area contributed by atoms with Crippen molar-refractivity contribution in [1.82, 2.24) is 4.90 Å². The minimum atomic E-state index is -0.906. The van der Waals surface area contributed by atoms with E-state index in [1.165, 1.54) is 10.5 Å². The summed E-state index contributed by atoms with van der Waals surface area (Å²) < 4.78 is 0. The highest BCUT2D eigenvalue weighted by molar-refractivity contribution is 5.89. The predicted octanol–water partition coefficient (Wildman–Crippen LogP) is 2.97. The van der Waals surface area contributed by atoms with E-state index < -0.39 is 5.97 Å². The number of rotatable bonds is 6. The van der Waals surface area contributed by atoms with Crippen molar-refractivity contribution in [2.24, 2.45) is 0 Å². The largest absolute Gasteiger partial charge is 0.481 e. The monoisotopic (exact) mass is 278 g/mol. The average Bonchev–Trinajstić information content (AvgIpc) is 2.39. The number of urea groups is 1. The van der Waals surface area contributed by atoms with E-state index in [1.54, 1.807) is 6.92 Å². The van der Waals surface area contributed by atoms with E-state index in [0.717, 1.165) is 6.42 Å². The molecule has 5 heteroatoms. The highest BCUT2D eigenvalue weighted by atomic mass is 16.4. The first kappa shape index (κ1) is 16.0. The van der Waals surface area contributed by atoms with Crippen LogP contribution in [0, 0.1) is 0 Å². The molecular weight excluding hydrogens is 256 g/mol. The van der Waals surface area contributed by atoms with Crippen LogP contribution in [0.1, 0.15) is 32.8 Å². The Kier molecular flexibility index (Phi) is 6.03. The lowest BCUT2D eigenvalue weighted by molar-refractivity contribution is -0.137. The lowest BCUT2D eigenvalue weighted by Crippen LogP contribution is -2.42. The number of aliphatic carboxylic acids is 1. The number of carbonyl (C=O) groups is 2. The first-order valence-electron chi connectivity index (χ1n) is 6.86. The average molecular weight is 278 g/mol. The Bertz CT molecular complexity index is 457. The van der Waals surface area contributed by atoms with Crippen LogP contribution >= 0.6 is 0 Å². The molecule has 0 saturated carbocycles. The van der Waals surface area contributed by atoms with Crippen LogP contribution in [0.3, 0.4) is 0 Å². The molecule has 1 rings (SSSR count). The van der Waals surface area contributed by atoms with Crippen molar-refractivity contribution in [2.75, 3.05) is 11.9 Å². The van der Waals surface area contributed by atoms with Crippen molar-refractivity contribution in [3.63, 3.8) is 0 Å². The number of carbonyl (C=O) groups excluding carboxylic acids is 1. The molecule has 5 nitrogen and oxygen atoms in total. The van der Waals surface area contributed by atoms with E-state index in [1.807, 2.05) is 31.2 Å². The van der Waals surface area contributed by atoms with Crippen molar-refractivity contribution in [3.05, 3.63) is 29.8 Å². The molecular formula is C15H22N2O3. The molecule has 1 aromatic rings. The summed E-state index contributed by atoms with van der Waals surface area (Å²) in [5.41, 5.74) is 1.92. The maximum absolute atomic E-state index is 12.1. The van der Waals surface area contributed by atoms with Gasteiger partial charge in [-0.1, -0.05) is 19.1 Å². The molecule has 0 fully saturated rings. The van der Waals surface area contributed by atoms with E-state index >= 15 is 0 Å². The van der Waals surface area contributed by atoms with Crippen molar-refractivity contribution >= 4 is 17.7 Å². The van der Waals surface area contributed by atoms with E-state index in [9.17, 15) is 9.59 Å². The topological polar surface area (TPSA) is 69.6 Å². The van der Waals surface area contributed by atoms with Gasteiger partial charge < -0.3 is 15.3 Å². The lowest BCUT2D eigenvalue weighted by Gasteiger charge is -2.27. The van der Waals surface area contributed by atoms with Crippen LogP contribution in [-0.2, 0) is 11.2 Å². The number of hydrogen-bond donors (Lipinski definition) is 2. The first-order chi connectivity index (χ1) is 9.47. The van der Waals surface area contributed by atoms with Gasteiger partial charge in [-0.05, 0) is 38.0 Å². The second kappa shape index (κ2) is 7.53. The highest BCUT2D eigenvalue weighted by Gasteiger charge is 2.20. The molecule has 0 bridgehead atoms. The lowest BCUT2D eigenvalue weighted by atomic mass is 10.1. The van der Waals surface area contributed by atoms with Crippen LogP contribution in [0.15, 0.2) is 24.3 Å². The molecule has 0 aliphatic rings. The third-order valence-electron chi connectivity index (χ3n) is 3.22. The Labute approximate surface area is 119 Å². The summed E-state index contributed by atoms with van der Waals surface area (Å²) in [7, 11) is 0. The summed E-state index contributed by atoms with van der Waals surface area (Å²) in [6, 6.07) is 7.02. The van der Waals surface area contributed by atoms with E-state index in [0.29, 0.717) is 12.2 Å². The molecule has 20 heavy (non-hydrogen) atoms. The Hall–Kier alpha value is -2.04. The van der Waals surface area contributed by atoms with Gasteiger partial charge in [-0.25, -0.2) is 4.79 Å². The standard InChI is InChI=1S/C15H22N2O3/c1-4-12-6-8-13(9-7-12)16-15(20)17(5-2)11(3)10-14(18)19/h6-9,11H,4-5,10H2,1-3H3,(H,16,20)(H,18,19). The van der Waals surface area contributed by atoms with Gasteiger partial charge in [-0.3, -0.25) is 4.79 Å². The van der Waals surface area contributed by atoms with E-state index in [-0.39, 0.29) is 18.5 Å². The van der Waals surface area contributed by atoms with Gasteiger partial charge in [0.1, 0.15) is 0 Å². The number of anilines is 1. The van der Waals surface area contributed by atoms with Crippen LogP contribution < -0.4 is 5.32 Å². The third kappa shape index (κ3) is 4.57. The van der Waals surface area contributed by atoms with Crippen LogP contribution in [0.5, 0.6) is 0 Å². The second-order valence-electron chi connectivity index (χ2n) is 4.71. The maximum atomic E-state index is 12.1. The zero-order chi connectivity index (χ0) is 15.1. The number of amides is 2. The Balaban J connectivity index is 2.68. The number of carboxylic acids is 1. The zero-order valence-electron chi connectivity index (χ0n) is 12.2. The van der Waals surface area contributed by atoms with Crippen molar-refractivity contribution < 1.29 is 14.7 Å². The second-order valence-corrected chi connectivity index (χ2v) is 4.71. The highest BCUT2D eigenvalue weighted by Crippen LogP contribution is 2.12. The fourth-order valence-corrected chi connectivity index (χ4v) is 2.04. The first-order valence-corrected chi connectivity index (χ1v) is 6.86. The molecule has 2 amide bonds. The van der Waals surface area contributed by atoms with Crippen LogP contribution in [0.4, 0.5) is 10.5 Å². The Morgan fingerprint density at radius 2 is 1.85 bits per heavy atom. The molecule has 1 aromatic carbocycles. The number of benzene rings is 1. The number of aryl methyl sites for hydroxylation is 1.